The van der Waals surface area contributed by atoms with Crippen molar-refractivity contribution < 1.29 is 14.7 Å². The van der Waals surface area contributed by atoms with E-state index in [4.69, 9.17) is 0 Å². The summed E-state index contributed by atoms with van der Waals surface area (Å²) in [4.78, 5) is 33.5. The molecule has 0 saturated heterocycles. The fourth-order valence-electron chi connectivity index (χ4n) is 3.76. The topological polar surface area (TPSA) is 73.7 Å². The smallest absolute Gasteiger partial charge is 0.290 e. The Morgan fingerprint density at radius 1 is 1.10 bits per heavy atom. The van der Waals surface area contributed by atoms with Gasteiger partial charge in [-0.2, -0.15) is 0 Å². The molecule has 0 aliphatic carbocycles. The second-order valence-corrected chi connectivity index (χ2v) is 6.96. The lowest BCUT2D eigenvalue weighted by atomic mass is 9.94. The highest BCUT2D eigenvalue weighted by molar-refractivity contribution is 6.08. The molecule has 152 valence electrons. The van der Waals surface area contributed by atoms with Gasteiger partial charge in [-0.15, -0.1) is 0 Å². The van der Waals surface area contributed by atoms with Gasteiger partial charge in [0, 0.05) is 31.4 Å². The van der Waals surface area contributed by atoms with Gasteiger partial charge < -0.3 is 14.9 Å². The van der Waals surface area contributed by atoms with Gasteiger partial charge in [0.05, 0.1) is 23.9 Å². The van der Waals surface area contributed by atoms with Crippen LogP contribution in [0.15, 0.2) is 60.0 Å². The van der Waals surface area contributed by atoms with E-state index in [1.165, 1.54) is 4.90 Å². The van der Waals surface area contributed by atoms with Gasteiger partial charge in [-0.05, 0) is 43.7 Å². The lowest BCUT2D eigenvalue weighted by molar-refractivity contribution is -0.130. The fraction of sp³-hybridized carbons (Fsp3) is 0.348. The van der Waals surface area contributed by atoms with Gasteiger partial charge in [-0.25, -0.2) is 0 Å². The van der Waals surface area contributed by atoms with Crippen LogP contribution in [0.3, 0.4) is 0 Å². The molecule has 0 saturated carbocycles. The van der Waals surface area contributed by atoms with E-state index in [2.05, 4.69) is 23.7 Å². The quantitative estimate of drug-likeness (QED) is 0.738. The first kappa shape index (κ1) is 20.6. The Labute approximate surface area is 171 Å². The number of aromatic nitrogens is 1. The van der Waals surface area contributed by atoms with Crippen molar-refractivity contribution in [2.45, 2.75) is 39.8 Å². The van der Waals surface area contributed by atoms with Crippen LogP contribution in [0.4, 0.5) is 5.69 Å². The van der Waals surface area contributed by atoms with Crippen molar-refractivity contribution in [2.24, 2.45) is 0 Å². The summed E-state index contributed by atoms with van der Waals surface area (Å²) in [5.41, 5.74) is 2.74. The fourth-order valence-corrected chi connectivity index (χ4v) is 3.76. The number of Topliss-reactive ketones (excluding diaryl/α,β-unsaturated/α-hetero) is 1. The summed E-state index contributed by atoms with van der Waals surface area (Å²) < 4.78 is 0. The lowest BCUT2D eigenvalue weighted by Gasteiger charge is -2.27. The van der Waals surface area contributed by atoms with Crippen LogP contribution in [-0.4, -0.2) is 39.8 Å². The third kappa shape index (κ3) is 4.01. The molecule has 1 aromatic carbocycles. The summed E-state index contributed by atoms with van der Waals surface area (Å²) in [5, 5.41) is 10.5. The van der Waals surface area contributed by atoms with E-state index in [9.17, 15) is 14.7 Å². The van der Waals surface area contributed by atoms with Gasteiger partial charge in [0.1, 0.15) is 0 Å². The van der Waals surface area contributed by atoms with Crippen molar-refractivity contribution in [2.75, 3.05) is 18.0 Å². The zero-order valence-electron chi connectivity index (χ0n) is 17.1. The van der Waals surface area contributed by atoms with Gasteiger partial charge >= 0.3 is 0 Å². The number of amides is 1. The van der Waals surface area contributed by atoms with E-state index in [-0.39, 0.29) is 24.3 Å². The highest BCUT2D eigenvalue weighted by Gasteiger charge is 2.43. The molecule has 6 heteroatoms. The van der Waals surface area contributed by atoms with Gasteiger partial charge in [-0.3, -0.25) is 14.6 Å². The van der Waals surface area contributed by atoms with Crippen molar-refractivity contribution in [3.05, 3.63) is 71.3 Å². The molecule has 0 fully saturated rings. The van der Waals surface area contributed by atoms with Crippen LogP contribution in [-0.2, 0) is 16.1 Å². The number of nitrogens with zero attached hydrogens (tertiary/aromatic N) is 3. The van der Waals surface area contributed by atoms with Crippen LogP contribution < -0.4 is 4.90 Å². The average molecular weight is 393 g/mol. The number of carbonyl (C=O) groups is 2. The van der Waals surface area contributed by atoms with Gasteiger partial charge in [0.25, 0.3) is 5.91 Å². The number of aliphatic hydroxyl groups is 1. The zero-order valence-corrected chi connectivity index (χ0v) is 17.1. The van der Waals surface area contributed by atoms with E-state index in [0.29, 0.717) is 5.69 Å². The Bertz CT molecular complexity index is 903. The van der Waals surface area contributed by atoms with Crippen LogP contribution in [0.5, 0.6) is 0 Å². The maximum atomic E-state index is 12.8. The molecule has 29 heavy (non-hydrogen) atoms. The number of hydrogen-bond acceptors (Lipinski definition) is 5. The van der Waals surface area contributed by atoms with Crippen LogP contribution >= 0.6 is 0 Å². The molecule has 3 rings (SSSR count). The van der Waals surface area contributed by atoms with Crippen molar-refractivity contribution in [3.63, 3.8) is 0 Å². The summed E-state index contributed by atoms with van der Waals surface area (Å²) in [5.74, 6) is -1.21. The molecule has 1 aliphatic heterocycles. The molecule has 1 unspecified atom stereocenters. The molecule has 1 amide bonds. The van der Waals surface area contributed by atoms with Crippen molar-refractivity contribution in [1.82, 2.24) is 9.88 Å². The molecule has 0 radical (unpaired) electrons. The third-order valence-corrected chi connectivity index (χ3v) is 5.32. The van der Waals surface area contributed by atoms with E-state index >= 15 is 0 Å². The summed E-state index contributed by atoms with van der Waals surface area (Å²) in [6.45, 7) is 7.93. The zero-order chi connectivity index (χ0) is 21.0. The Balaban J connectivity index is 2.01. The first-order valence-corrected chi connectivity index (χ1v) is 10.0. The summed E-state index contributed by atoms with van der Waals surface area (Å²) in [6, 6.07) is 12.7. The molecule has 0 spiro atoms. The number of pyridine rings is 1. The number of carbonyl (C=O) groups excluding carboxylic acids is 2. The van der Waals surface area contributed by atoms with Gasteiger partial charge in [-0.1, -0.05) is 25.1 Å². The molecular weight excluding hydrogens is 366 g/mol. The largest absolute Gasteiger partial charge is 0.503 e. The first-order valence-electron chi connectivity index (χ1n) is 10.0. The molecule has 1 aromatic heterocycles. The highest BCUT2D eigenvalue weighted by Crippen LogP contribution is 2.39. The number of aliphatic hydroxyl groups excluding tert-OH is 1. The predicted octanol–water partition coefficient (Wildman–Crippen LogP) is 3.80. The van der Waals surface area contributed by atoms with Crippen molar-refractivity contribution in [3.8, 4) is 0 Å². The van der Waals surface area contributed by atoms with E-state index in [1.54, 1.807) is 19.2 Å². The minimum atomic E-state index is -0.622. The normalized spacial score (nSPS) is 16.4. The summed E-state index contributed by atoms with van der Waals surface area (Å²) in [6.07, 6.45) is 1.88. The molecular formula is C23H27N3O3. The SMILES string of the molecule is CCC(=O)C1=C(O)C(=O)N(Cc2ccccn2)C1c1ccc(N(CC)CC)cc1. The Morgan fingerprint density at radius 3 is 2.34 bits per heavy atom. The minimum Gasteiger partial charge on any atom is -0.503 e. The Kier molecular flexibility index (Phi) is 6.32. The number of hydrogen-bond donors (Lipinski definition) is 1. The highest BCUT2D eigenvalue weighted by atomic mass is 16.3. The van der Waals surface area contributed by atoms with Crippen LogP contribution in [0.1, 0.15) is 44.5 Å². The Hall–Kier alpha value is -3.15. The lowest BCUT2D eigenvalue weighted by Crippen LogP contribution is -2.31. The first-order chi connectivity index (χ1) is 14.0. The van der Waals surface area contributed by atoms with Crippen LogP contribution in [0.25, 0.3) is 0 Å². The Morgan fingerprint density at radius 2 is 1.79 bits per heavy atom. The van der Waals surface area contributed by atoms with Crippen LogP contribution in [0, 0.1) is 0 Å². The summed E-state index contributed by atoms with van der Waals surface area (Å²) in [7, 11) is 0. The van der Waals surface area contributed by atoms with E-state index in [1.807, 2.05) is 36.4 Å². The van der Waals surface area contributed by atoms with Crippen LogP contribution in [0.2, 0.25) is 0 Å². The molecule has 1 aliphatic rings. The van der Waals surface area contributed by atoms with E-state index < -0.39 is 17.7 Å². The van der Waals surface area contributed by atoms with Crippen molar-refractivity contribution >= 4 is 17.4 Å². The maximum absolute atomic E-state index is 12.8. The van der Waals surface area contributed by atoms with Gasteiger partial charge in [0.2, 0.25) is 0 Å². The number of benzene rings is 1. The number of anilines is 1. The average Bonchev–Trinajstić information content (AvgIpc) is 3.00. The second kappa shape index (κ2) is 8.90. The molecule has 2 aromatic rings. The van der Waals surface area contributed by atoms with E-state index in [0.717, 1.165) is 24.3 Å². The molecule has 1 atom stereocenters. The summed E-state index contributed by atoms with van der Waals surface area (Å²) >= 11 is 0. The third-order valence-electron chi connectivity index (χ3n) is 5.32. The maximum Gasteiger partial charge on any atom is 0.290 e. The van der Waals surface area contributed by atoms with Gasteiger partial charge in [0.15, 0.2) is 11.5 Å². The number of rotatable bonds is 8. The second-order valence-electron chi connectivity index (χ2n) is 6.96. The molecule has 6 nitrogen and oxygen atoms in total. The monoisotopic (exact) mass is 393 g/mol. The molecule has 1 N–H and O–H groups in total. The molecule has 0 bridgehead atoms. The molecule has 2 heterocycles. The van der Waals surface area contributed by atoms with Crippen molar-refractivity contribution in [1.29, 1.82) is 0 Å². The minimum absolute atomic E-state index is 0.170. The number of ketones is 1. The standard InChI is InChI=1S/C23H27N3O3/c1-4-19(27)20-21(16-10-12-18(13-11-16)25(5-2)6-3)26(23(29)22(20)28)15-17-9-7-8-14-24-17/h7-14,21,28H,4-6,15H2,1-3H3. The predicted molar refractivity (Wildman–Crippen MR) is 112 cm³/mol.